The molecule has 1 unspecified atom stereocenters. The average Bonchev–Trinajstić information content (AvgIpc) is 2.78. The average molecular weight is 518 g/mol. The summed E-state index contributed by atoms with van der Waals surface area (Å²) in [6.07, 6.45) is 1.54. The molecule has 198 valence electrons. The highest BCUT2D eigenvalue weighted by atomic mass is 32.2. The number of amides is 2. The van der Waals surface area contributed by atoms with E-state index >= 15 is 0 Å². The fourth-order valence-corrected chi connectivity index (χ4v) is 4.78. The summed E-state index contributed by atoms with van der Waals surface area (Å²) in [5.74, 6) is 0.174. The number of aryl methyl sites for hydroxylation is 1. The van der Waals surface area contributed by atoms with Gasteiger partial charge < -0.3 is 15.0 Å². The van der Waals surface area contributed by atoms with Crippen molar-refractivity contribution in [1.82, 2.24) is 10.2 Å². The van der Waals surface area contributed by atoms with Crippen LogP contribution in [0.5, 0.6) is 5.75 Å². The number of rotatable bonds is 11. The molecular weight excluding hydrogens is 478 g/mol. The van der Waals surface area contributed by atoms with Crippen LogP contribution in [0, 0.1) is 6.92 Å². The quantitative estimate of drug-likeness (QED) is 0.488. The van der Waals surface area contributed by atoms with Crippen molar-refractivity contribution in [2.75, 3.05) is 24.2 Å². The summed E-state index contributed by atoms with van der Waals surface area (Å²) in [6.45, 7) is 9.79. The normalized spacial score (nSPS) is 12.5. The minimum absolute atomic E-state index is 0.0983. The van der Waals surface area contributed by atoms with Crippen LogP contribution in [-0.4, -0.2) is 56.6 Å². The number of hydrogen-bond donors (Lipinski definition) is 1. The van der Waals surface area contributed by atoms with E-state index in [9.17, 15) is 18.0 Å². The molecule has 0 saturated carbocycles. The Morgan fingerprint density at radius 2 is 1.72 bits per heavy atom. The number of nitrogens with one attached hydrogen (secondary N) is 1. The molecule has 0 fully saturated rings. The zero-order chi connectivity index (χ0) is 27.1. The van der Waals surface area contributed by atoms with E-state index in [0.29, 0.717) is 17.9 Å². The number of carbonyl (C=O) groups excluding carboxylic acids is 2. The molecule has 2 amide bonds. The topological polar surface area (TPSA) is 96.0 Å². The number of anilines is 1. The van der Waals surface area contributed by atoms with E-state index in [1.54, 1.807) is 43.2 Å². The molecule has 1 N–H and O–H groups in total. The van der Waals surface area contributed by atoms with Crippen molar-refractivity contribution in [3.05, 3.63) is 59.7 Å². The minimum atomic E-state index is -3.56. The summed E-state index contributed by atoms with van der Waals surface area (Å²) in [5.41, 5.74) is 2.06. The number of carbonyl (C=O) groups is 2. The number of sulfonamides is 1. The molecule has 0 saturated heterocycles. The first-order chi connectivity index (χ1) is 16.7. The van der Waals surface area contributed by atoms with Crippen LogP contribution >= 0.6 is 0 Å². The Bertz CT molecular complexity index is 1140. The molecule has 0 radical (unpaired) electrons. The minimum Gasteiger partial charge on any atom is -0.497 e. The number of hydrogen-bond acceptors (Lipinski definition) is 5. The Balaban J connectivity index is 2.18. The maximum atomic E-state index is 13.4. The molecule has 1 atom stereocenters. The molecule has 0 aliphatic rings. The van der Waals surface area contributed by atoms with Crippen LogP contribution in [0.15, 0.2) is 48.5 Å². The Morgan fingerprint density at radius 1 is 1.08 bits per heavy atom. The smallest absolute Gasteiger partial charge is 0.242 e. The summed E-state index contributed by atoms with van der Waals surface area (Å²) < 4.78 is 31.3. The van der Waals surface area contributed by atoms with E-state index in [1.807, 2.05) is 52.0 Å². The first kappa shape index (κ1) is 29.2. The second-order valence-corrected chi connectivity index (χ2v) is 12.0. The van der Waals surface area contributed by atoms with Crippen LogP contribution in [0.25, 0.3) is 0 Å². The highest BCUT2D eigenvalue weighted by molar-refractivity contribution is 7.92. The second-order valence-electron chi connectivity index (χ2n) is 10.1. The van der Waals surface area contributed by atoms with Gasteiger partial charge in [-0.1, -0.05) is 29.8 Å². The largest absolute Gasteiger partial charge is 0.497 e. The third kappa shape index (κ3) is 8.86. The Morgan fingerprint density at radius 3 is 2.25 bits per heavy atom. The number of methoxy groups -OCH3 is 1. The predicted molar refractivity (Wildman–Crippen MR) is 144 cm³/mol. The molecule has 2 aromatic carbocycles. The SMILES string of the molecule is COc1ccc(N(CCCC(=O)N(Cc2cccc(C)c2)C(C)C(=O)NC(C)(C)C)S(C)(=O)=O)cc1. The molecular formula is C27H39N3O5S. The van der Waals surface area contributed by atoms with Crippen molar-refractivity contribution in [3.8, 4) is 5.75 Å². The van der Waals surface area contributed by atoms with Crippen molar-refractivity contribution in [3.63, 3.8) is 0 Å². The molecule has 0 aromatic heterocycles. The van der Waals surface area contributed by atoms with Crippen LogP contribution in [0.3, 0.4) is 0 Å². The number of nitrogens with zero attached hydrogens (tertiary/aromatic N) is 2. The third-order valence-electron chi connectivity index (χ3n) is 5.61. The van der Waals surface area contributed by atoms with Crippen LogP contribution < -0.4 is 14.4 Å². The highest BCUT2D eigenvalue weighted by Gasteiger charge is 2.28. The predicted octanol–water partition coefficient (Wildman–Crippen LogP) is 3.88. The van der Waals surface area contributed by atoms with Gasteiger partial charge in [-0.2, -0.15) is 0 Å². The van der Waals surface area contributed by atoms with Gasteiger partial charge in [-0.05, 0) is 70.9 Å². The number of benzene rings is 2. The fraction of sp³-hybridized carbons (Fsp3) is 0.481. The molecule has 0 aliphatic carbocycles. The van der Waals surface area contributed by atoms with Gasteiger partial charge >= 0.3 is 0 Å². The molecule has 0 heterocycles. The molecule has 0 bridgehead atoms. The zero-order valence-electron chi connectivity index (χ0n) is 22.4. The van der Waals surface area contributed by atoms with E-state index in [0.717, 1.165) is 17.4 Å². The van der Waals surface area contributed by atoms with Gasteiger partial charge in [-0.15, -0.1) is 0 Å². The Kier molecular flexibility index (Phi) is 9.93. The maximum Gasteiger partial charge on any atom is 0.242 e. The zero-order valence-corrected chi connectivity index (χ0v) is 23.2. The molecule has 0 aliphatic heterocycles. The molecule has 2 aromatic rings. The third-order valence-corrected chi connectivity index (χ3v) is 6.81. The first-order valence-electron chi connectivity index (χ1n) is 12.0. The maximum absolute atomic E-state index is 13.4. The van der Waals surface area contributed by atoms with Gasteiger partial charge in [0.25, 0.3) is 0 Å². The second kappa shape index (κ2) is 12.3. The lowest BCUT2D eigenvalue weighted by Gasteiger charge is -2.32. The van der Waals surface area contributed by atoms with Gasteiger partial charge in [-0.3, -0.25) is 13.9 Å². The van der Waals surface area contributed by atoms with Crippen LogP contribution in [0.2, 0.25) is 0 Å². The summed E-state index contributed by atoms with van der Waals surface area (Å²) in [5, 5.41) is 2.95. The lowest BCUT2D eigenvalue weighted by Crippen LogP contribution is -2.52. The molecule has 36 heavy (non-hydrogen) atoms. The van der Waals surface area contributed by atoms with E-state index in [4.69, 9.17) is 4.74 Å². The van der Waals surface area contributed by atoms with Crippen LogP contribution in [-0.2, 0) is 26.2 Å². The monoisotopic (exact) mass is 517 g/mol. The van der Waals surface area contributed by atoms with E-state index < -0.39 is 21.6 Å². The summed E-state index contributed by atoms with van der Waals surface area (Å²) in [6, 6.07) is 13.9. The first-order valence-corrected chi connectivity index (χ1v) is 13.8. The van der Waals surface area contributed by atoms with Crippen molar-refractivity contribution in [1.29, 1.82) is 0 Å². The molecule has 0 spiro atoms. The van der Waals surface area contributed by atoms with Gasteiger partial charge in [0.05, 0.1) is 19.1 Å². The van der Waals surface area contributed by atoms with Crippen molar-refractivity contribution >= 4 is 27.5 Å². The van der Waals surface area contributed by atoms with Crippen molar-refractivity contribution < 1.29 is 22.7 Å². The van der Waals surface area contributed by atoms with Crippen molar-refractivity contribution in [2.45, 2.75) is 65.6 Å². The summed E-state index contributed by atoms with van der Waals surface area (Å²) in [4.78, 5) is 27.8. The summed E-state index contributed by atoms with van der Waals surface area (Å²) in [7, 11) is -2.01. The fourth-order valence-electron chi connectivity index (χ4n) is 3.82. The number of ether oxygens (including phenoxy) is 1. The van der Waals surface area contributed by atoms with Gasteiger partial charge in [0, 0.05) is 25.0 Å². The molecule has 8 nitrogen and oxygen atoms in total. The van der Waals surface area contributed by atoms with Gasteiger partial charge in [-0.25, -0.2) is 8.42 Å². The van der Waals surface area contributed by atoms with E-state index in [2.05, 4.69) is 5.32 Å². The van der Waals surface area contributed by atoms with E-state index in [1.165, 1.54) is 4.31 Å². The Hall–Kier alpha value is -3.07. The van der Waals surface area contributed by atoms with Crippen LogP contribution in [0.1, 0.15) is 51.7 Å². The highest BCUT2D eigenvalue weighted by Crippen LogP contribution is 2.22. The van der Waals surface area contributed by atoms with E-state index in [-0.39, 0.29) is 31.3 Å². The van der Waals surface area contributed by atoms with Gasteiger partial charge in [0.2, 0.25) is 21.8 Å². The van der Waals surface area contributed by atoms with Gasteiger partial charge in [0.1, 0.15) is 11.8 Å². The standard InChI is InChI=1S/C27H39N3O5S/c1-20-10-8-11-22(18-20)19-29(21(2)26(32)28-27(3,4)5)25(31)12-9-17-30(36(7,33)34)23-13-15-24(35-6)16-14-23/h8,10-11,13-16,18,21H,9,12,17,19H2,1-7H3,(H,28,32). The van der Waals surface area contributed by atoms with Crippen molar-refractivity contribution in [2.24, 2.45) is 0 Å². The summed E-state index contributed by atoms with van der Waals surface area (Å²) >= 11 is 0. The lowest BCUT2D eigenvalue weighted by molar-refractivity contribution is -0.141. The molecule has 2 rings (SSSR count). The molecule has 9 heteroatoms. The Labute approximate surface area is 215 Å². The van der Waals surface area contributed by atoms with Gasteiger partial charge in [0.15, 0.2) is 0 Å². The van der Waals surface area contributed by atoms with Crippen LogP contribution in [0.4, 0.5) is 5.69 Å². The lowest BCUT2D eigenvalue weighted by atomic mass is 10.1.